The molecule has 0 aliphatic carbocycles. The van der Waals surface area contributed by atoms with Gasteiger partial charge in [-0.1, -0.05) is 0 Å². The van der Waals surface area contributed by atoms with Crippen LogP contribution in [0.25, 0.3) is 0 Å². The van der Waals surface area contributed by atoms with Gasteiger partial charge in [0, 0.05) is 0 Å². The lowest BCUT2D eigenvalue weighted by molar-refractivity contribution is -0.150. The lowest BCUT2D eigenvalue weighted by atomic mass is 10.7. The molecule has 0 aliphatic rings. The lowest BCUT2D eigenvalue weighted by Crippen LogP contribution is -2.47. The summed E-state index contributed by atoms with van der Waals surface area (Å²) in [4.78, 5) is 19.9. The van der Waals surface area contributed by atoms with Gasteiger partial charge in [-0.3, -0.25) is 21.1 Å². The number of carbonyl (C=O) groups excluding carboxylic acids is 1. The molecule has 1 amide bonds. The summed E-state index contributed by atoms with van der Waals surface area (Å²) >= 11 is 0. The Morgan fingerprint density at radius 2 is 1.90 bits per heavy atom. The molecule has 0 aromatic heterocycles. The number of nitrogens with two attached hydrogens (primary N) is 1. The van der Waals surface area contributed by atoms with Crippen molar-refractivity contribution >= 4 is 17.8 Å². The molecular weight excluding hydrogens is 140 g/mol. The average molecular weight is 146 g/mol. The molecule has 10 heavy (non-hydrogen) atoms. The molecule has 6 N–H and O–H groups in total. The van der Waals surface area contributed by atoms with Gasteiger partial charge in [-0.15, -0.1) is 0 Å². The third-order valence-corrected chi connectivity index (χ3v) is 0.505. The number of hydrogen-bond acceptors (Lipinski definition) is 3. The van der Waals surface area contributed by atoms with Crippen molar-refractivity contribution in [2.24, 2.45) is 5.73 Å². The SMILES string of the molecule is N=C(N)NNC(=O)C(=O)O. The van der Waals surface area contributed by atoms with Gasteiger partial charge in [-0.2, -0.15) is 0 Å². The summed E-state index contributed by atoms with van der Waals surface area (Å²) < 4.78 is 0. The zero-order valence-corrected chi connectivity index (χ0v) is 4.84. The monoisotopic (exact) mass is 146 g/mol. The number of hydrazine groups is 1. The van der Waals surface area contributed by atoms with Crippen LogP contribution < -0.4 is 16.6 Å². The quantitative estimate of drug-likeness (QED) is 0.112. The maximum absolute atomic E-state index is 10.1. The molecule has 7 heteroatoms. The summed E-state index contributed by atoms with van der Waals surface area (Å²) in [6.07, 6.45) is 0. The van der Waals surface area contributed by atoms with E-state index in [2.05, 4.69) is 0 Å². The van der Waals surface area contributed by atoms with E-state index in [1.807, 2.05) is 5.43 Å². The molecule has 0 heterocycles. The Bertz CT molecular complexity index is 177. The van der Waals surface area contributed by atoms with Gasteiger partial charge < -0.3 is 10.8 Å². The van der Waals surface area contributed by atoms with Crippen LogP contribution in [0.5, 0.6) is 0 Å². The molecule has 0 aliphatic heterocycles. The van der Waals surface area contributed by atoms with Crippen LogP contribution in [-0.2, 0) is 9.59 Å². The van der Waals surface area contributed by atoms with Crippen molar-refractivity contribution in [2.75, 3.05) is 0 Å². The van der Waals surface area contributed by atoms with Crippen LogP contribution in [0.15, 0.2) is 0 Å². The van der Waals surface area contributed by atoms with Crippen LogP contribution >= 0.6 is 0 Å². The van der Waals surface area contributed by atoms with Crippen molar-refractivity contribution in [2.45, 2.75) is 0 Å². The summed E-state index contributed by atoms with van der Waals surface area (Å²) in [6.45, 7) is 0. The molecular formula is C3H6N4O3. The van der Waals surface area contributed by atoms with Crippen molar-refractivity contribution in [1.82, 2.24) is 10.9 Å². The van der Waals surface area contributed by atoms with E-state index in [-0.39, 0.29) is 0 Å². The third-order valence-electron chi connectivity index (χ3n) is 0.505. The van der Waals surface area contributed by atoms with Gasteiger partial charge in [0.25, 0.3) is 0 Å². The predicted molar refractivity (Wildman–Crippen MR) is 30.8 cm³/mol. The summed E-state index contributed by atoms with van der Waals surface area (Å²) in [5.74, 6) is -3.45. The van der Waals surface area contributed by atoms with Crippen molar-refractivity contribution < 1.29 is 14.7 Å². The molecule has 0 fully saturated rings. The molecule has 0 saturated heterocycles. The number of carboxylic acid groups (broad SMARTS) is 1. The highest BCUT2D eigenvalue weighted by Crippen LogP contribution is 1.59. The largest absolute Gasteiger partial charge is 0.474 e. The van der Waals surface area contributed by atoms with Crippen LogP contribution in [-0.4, -0.2) is 22.9 Å². The second-order valence-electron chi connectivity index (χ2n) is 1.30. The van der Waals surface area contributed by atoms with Gasteiger partial charge in [0.05, 0.1) is 0 Å². The Labute approximate surface area is 55.7 Å². The first-order chi connectivity index (χ1) is 4.54. The average Bonchev–Trinajstić information content (AvgIpc) is 1.82. The normalized spacial score (nSPS) is 8.00. The fourth-order valence-electron chi connectivity index (χ4n) is 0.178. The van der Waals surface area contributed by atoms with E-state index in [0.29, 0.717) is 0 Å². The standard InChI is InChI=1S/C3H6N4O3/c4-3(5)7-6-1(8)2(9)10/h(H,6,8)(H,9,10)(H4,4,5,7). The molecule has 0 rings (SSSR count). The van der Waals surface area contributed by atoms with E-state index in [9.17, 15) is 9.59 Å². The Morgan fingerprint density at radius 3 is 2.20 bits per heavy atom. The fourth-order valence-corrected chi connectivity index (χ4v) is 0.178. The summed E-state index contributed by atoms with van der Waals surface area (Å²) in [5, 5.41) is 14.4. The molecule has 0 unspecified atom stereocenters. The van der Waals surface area contributed by atoms with E-state index >= 15 is 0 Å². The number of rotatable bonds is 0. The van der Waals surface area contributed by atoms with Gasteiger partial charge in [0.1, 0.15) is 0 Å². The van der Waals surface area contributed by atoms with Crippen LogP contribution in [0.4, 0.5) is 0 Å². The minimum absolute atomic E-state index is 0.533. The first kappa shape index (κ1) is 8.21. The number of nitrogens with one attached hydrogen (secondary N) is 3. The predicted octanol–water partition coefficient (Wildman–Crippen LogP) is -2.41. The summed E-state index contributed by atoms with van der Waals surface area (Å²) in [5.41, 5.74) is 8.16. The molecule has 0 atom stereocenters. The third kappa shape index (κ3) is 3.24. The van der Waals surface area contributed by atoms with E-state index in [0.717, 1.165) is 0 Å². The minimum Gasteiger partial charge on any atom is -0.474 e. The molecule has 0 saturated carbocycles. The highest BCUT2D eigenvalue weighted by molar-refractivity contribution is 6.31. The Morgan fingerprint density at radius 1 is 1.40 bits per heavy atom. The van der Waals surface area contributed by atoms with Crippen LogP contribution in [0.2, 0.25) is 0 Å². The zero-order valence-electron chi connectivity index (χ0n) is 4.84. The van der Waals surface area contributed by atoms with Crippen molar-refractivity contribution in [1.29, 1.82) is 5.41 Å². The molecule has 0 aromatic carbocycles. The van der Waals surface area contributed by atoms with E-state index in [1.165, 1.54) is 0 Å². The lowest BCUT2D eigenvalue weighted by Gasteiger charge is -2.00. The van der Waals surface area contributed by atoms with E-state index in [4.69, 9.17) is 16.2 Å². The van der Waals surface area contributed by atoms with Crippen molar-refractivity contribution in [3.05, 3.63) is 0 Å². The Kier molecular flexibility index (Phi) is 2.69. The highest BCUT2D eigenvalue weighted by Gasteiger charge is 2.08. The Balaban J connectivity index is 3.60. The highest BCUT2D eigenvalue weighted by atomic mass is 16.4. The number of aliphatic carboxylic acids is 1. The topological polar surface area (TPSA) is 128 Å². The van der Waals surface area contributed by atoms with Gasteiger partial charge in [0.15, 0.2) is 0 Å². The molecule has 0 aromatic rings. The first-order valence-corrected chi connectivity index (χ1v) is 2.17. The van der Waals surface area contributed by atoms with Gasteiger partial charge in [0.2, 0.25) is 5.96 Å². The minimum atomic E-state index is -1.64. The smallest absolute Gasteiger partial charge is 0.396 e. The van der Waals surface area contributed by atoms with Crippen molar-refractivity contribution in [3.8, 4) is 0 Å². The number of amides is 1. The molecule has 0 radical (unpaired) electrons. The Hall–Kier alpha value is -1.79. The summed E-state index contributed by atoms with van der Waals surface area (Å²) in [7, 11) is 0. The number of hydrogen-bond donors (Lipinski definition) is 5. The number of carboxylic acids is 1. The number of guanidine groups is 1. The maximum Gasteiger partial charge on any atom is 0.396 e. The zero-order chi connectivity index (χ0) is 8.15. The van der Waals surface area contributed by atoms with E-state index in [1.54, 1.807) is 5.43 Å². The van der Waals surface area contributed by atoms with Gasteiger partial charge in [-0.05, 0) is 0 Å². The second kappa shape index (κ2) is 3.28. The van der Waals surface area contributed by atoms with Crippen molar-refractivity contribution in [3.63, 3.8) is 0 Å². The van der Waals surface area contributed by atoms with E-state index < -0.39 is 17.8 Å². The van der Waals surface area contributed by atoms with Gasteiger partial charge in [-0.25, -0.2) is 4.79 Å². The first-order valence-electron chi connectivity index (χ1n) is 2.17. The molecule has 0 spiro atoms. The molecule has 7 nitrogen and oxygen atoms in total. The van der Waals surface area contributed by atoms with Crippen LogP contribution in [0.3, 0.4) is 0 Å². The van der Waals surface area contributed by atoms with Gasteiger partial charge >= 0.3 is 11.9 Å². The molecule has 56 valence electrons. The van der Waals surface area contributed by atoms with Crippen LogP contribution in [0, 0.1) is 5.41 Å². The molecule has 0 bridgehead atoms. The maximum atomic E-state index is 10.1. The second-order valence-corrected chi connectivity index (χ2v) is 1.30. The fraction of sp³-hybridized carbons (Fsp3) is 0. The summed E-state index contributed by atoms with van der Waals surface area (Å²) in [6, 6.07) is 0. The van der Waals surface area contributed by atoms with Crippen LogP contribution in [0.1, 0.15) is 0 Å². The number of carbonyl (C=O) groups is 2.